The molecule has 22 heavy (non-hydrogen) atoms. The van der Waals surface area contributed by atoms with Crippen LogP contribution in [0.5, 0.6) is 0 Å². The average molecular weight is 347 g/mol. The van der Waals surface area contributed by atoms with Crippen molar-refractivity contribution in [1.82, 2.24) is 15.2 Å². The zero-order chi connectivity index (χ0) is 14.8. The van der Waals surface area contributed by atoms with E-state index in [1.54, 1.807) is 28.9 Å². The van der Waals surface area contributed by atoms with Gasteiger partial charge in [-0.2, -0.15) is 0 Å². The maximum absolute atomic E-state index is 5.64. The van der Waals surface area contributed by atoms with Crippen LogP contribution in [0, 0.1) is 0 Å². The van der Waals surface area contributed by atoms with E-state index in [9.17, 15) is 0 Å². The number of hydrogen-bond acceptors (Lipinski definition) is 8. The Labute approximate surface area is 138 Å². The molecule has 0 bridgehead atoms. The Morgan fingerprint density at radius 1 is 1.14 bits per heavy atom. The van der Waals surface area contributed by atoms with Gasteiger partial charge < -0.3 is 8.83 Å². The molecule has 0 N–H and O–H groups in total. The molecule has 0 aliphatic carbocycles. The van der Waals surface area contributed by atoms with Crippen LogP contribution in [0.2, 0.25) is 0 Å². The van der Waals surface area contributed by atoms with Gasteiger partial charge in [0.1, 0.15) is 0 Å². The van der Waals surface area contributed by atoms with E-state index in [-0.39, 0.29) is 0 Å². The van der Waals surface area contributed by atoms with Crippen LogP contribution in [-0.2, 0) is 5.75 Å². The molecule has 4 heterocycles. The summed E-state index contributed by atoms with van der Waals surface area (Å²) in [7, 11) is 0. The molecule has 0 atom stereocenters. The molecular formula is C14H9N3O2S3. The lowest BCUT2D eigenvalue weighted by Gasteiger charge is -1.92. The van der Waals surface area contributed by atoms with E-state index in [2.05, 4.69) is 15.2 Å². The predicted molar refractivity (Wildman–Crippen MR) is 87.0 cm³/mol. The highest BCUT2D eigenvalue weighted by Crippen LogP contribution is 2.30. The number of hydrogen-bond donors (Lipinski definition) is 0. The zero-order valence-corrected chi connectivity index (χ0v) is 13.6. The maximum Gasteiger partial charge on any atom is 0.277 e. The Morgan fingerprint density at radius 2 is 2.14 bits per heavy atom. The summed E-state index contributed by atoms with van der Waals surface area (Å²) in [6, 6.07) is 7.68. The quantitative estimate of drug-likeness (QED) is 0.483. The van der Waals surface area contributed by atoms with E-state index in [1.165, 1.54) is 11.8 Å². The first-order valence-corrected chi connectivity index (χ1v) is 9.11. The van der Waals surface area contributed by atoms with E-state index < -0.39 is 0 Å². The zero-order valence-electron chi connectivity index (χ0n) is 11.1. The minimum atomic E-state index is 0.552. The Morgan fingerprint density at radius 3 is 2.95 bits per heavy atom. The summed E-state index contributed by atoms with van der Waals surface area (Å²) in [6.45, 7) is 0. The second kappa shape index (κ2) is 6.07. The van der Waals surface area contributed by atoms with Crippen molar-refractivity contribution in [3.05, 3.63) is 47.0 Å². The van der Waals surface area contributed by atoms with Gasteiger partial charge in [0.15, 0.2) is 10.8 Å². The maximum atomic E-state index is 5.64. The lowest BCUT2D eigenvalue weighted by Crippen LogP contribution is -1.81. The summed E-state index contributed by atoms with van der Waals surface area (Å²) in [5.74, 6) is 2.04. The van der Waals surface area contributed by atoms with Crippen LogP contribution in [0.1, 0.15) is 5.69 Å². The van der Waals surface area contributed by atoms with Gasteiger partial charge in [0.25, 0.3) is 11.1 Å². The summed E-state index contributed by atoms with van der Waals surface area (Å²) >= 11 is 4.62. The van der Waals surface area contributed by atoms with Gasteiger partial charge >= 0.3 is 0 Å². The van der Waals surface area contributed by atoms with Crippen molar-refractivity contribution >= 4 is 34.4 Å². The molecule has 0 spiro atoms. The summed E-state index contributed by atoms with van der Waals surface area (Å²) in [6.07, 6.45) is 1.65. The molecule has 0 unspecified atom stereocenters. The molecule has 0 saturated carbocycles. The normalized spacial score (nSPS) is 11.1. The van der Waals surface area contributed by atoms with Crippen molar-refractivity contribution in [3.8, 4) is 21.5 Å². The van der Waals surface area contributed by atoms with Crippen LogP contribution in [0.3, 0.4) is 0 Å². The van der Waals surface area contributed by atoms with Gasteiger partial charge in [-0.15, -0.1) is 32.9 Å². The second-order valence-electron chi connectivity index (χ2n) is 4.26. The number of nitrogens with zero attached hydrogens (tertiary/aromatic N) is 3. The van der Waals surface area contributed by atoms with E-state index in [1.807, 2.05) is 35.0 Å². The van der Waals surface area contributed by atoms with Crippen LogP contribution in [-0.4, -0.2) is 15.2 Å². The molecular weight excluding hydrogens is 338 g/mol. The van der Waals surface area contributed by atoms with Crippen LogP contribution >= 0.6 is 34.4 Å². The van der Waals surface area contributed by atoms with E-state index in [4.69, 9.17) is 8.83 Å². The molecule has 4 rings (SSSR count). The third-order valence-corrected chi connectivity index (χ3v) is 5.38. The summed E-state index contributed by atoms with van der Waals surface area (Å²) in [5.41, 5.74) is 0.970. The highest BCUT2D eigenvalue weighted by atomic mass is 32.2. The van der Waals surface area contributed by atoms with Gasteiger partial charge in [0.05, 0.1) is 16.8 Å². The lowest BCUT2D eigenvalue weighted by atomic mass is 10.5. The largest absolute Gasteiger partial charge is 0.462 e. The number of thioether (sulfide) groups is 1. The Bertz CT molecular complexity index is 777. The first-order valence-electron chi connectivity index (χ1n) is 6.37. The third-order valence-electron chi connectivity index (χ3n) is 2.77. The standard InChI is InChI=1S/C14H9N3O2S3/c1-3-10(18-5-1)13-15-9(7-21-13)8-22-14-17-16-12(19-14)11-4-2-6-20-11/h1-7H,8H2. The van der Waals surface area contributed by atoms with Crippen LogP contribution < -0.4 is 0 Å². The third kappa shape index (κ3) is 2.85. The summed E-state index contributed by atoms with van der Waals surface area (Å²) < 4.78 is 11.0. The number of thiazole rings is 1. The minimum Gasteiger partial charge on any atom is -0.462 e. The molecule has 0 fully saturated rings. The predicted octanol–water partition coefficient (Wildman–Crippen LogP) is 4.81. The molecule has 0 amide bonds. The topological polar surface area (TPSA) is 65.0 Å². The Hall–Kier alpha value is -1.90. The average Bonchev–Trinajstić information content (AvgIpc) is 3.33. The van der Waals surface area contributed by atoms with Crippen molar-refractivity contribution < 1.29 is 8.83 Å². The second-order valence-corrected chi connectivity index (χ2v) is 6.99. The Balaban J connectivity index is 1.43. The van der Waals surface area contributed by atoms with Crippen LogP contribution in [0.4, 0.5) is 0 Å². The van der Waals surface area contributed by atoms with Gasteiger partial charge in [-0.05, 0) is 23.6 Å². The fourth-order valence-electron chi connectivity index (χ4n) is 1.79. The molecule has 0 saturated heterocycles. The molecule has 0 radical (unpaired) electrons. The van der Waals surface area contributed by atoms with Gasteiger partial charge in [-0.3, -0.25) is 0 Å². The highest BCUT2D eigenvalue weighted by Gasteiger charge is 2.12. The monoisotopic (exact) mass is 347 g/mol. The van der Waals surface area contributed by atoms with Gasteiger partial charge in [0.2, 0.25) is 0 Å². The van der Waals surface area contributed by atoms with Crippen molar-refractivity contribution in [3.63, 3.8) is 0 Å². The highest BCUT2D eigenvalue weighted by molar-refractivity contribution is 7.98. The number of furan rings is 1. The number of rotatable bonds is 5. The van der Waals surface area contributed by atoms with Gasteiger partial charge in [-0.1, -0.05) is 17.8 Å². The van der Waals surface area contributed by atoms with Crippen molar-refractivity contribution in [1.29, 1.82) is 0 Å². The molecule has 4 aromatic rings. The van der Waals surface area contributed by atoms with Crippen molar-refractivity contribution in [2.75, 3.05) is 0 Å². The molecule has 0 aromatic carbocycles. The SMILES string of the molecule is c1coc(-c2nc(CSc3nnc(-c4cccs4)o3)cs2)c1. The van der Waals surface area contributed by atoms with E-state index in [0.29, 0.717) is 16.9 Å². The number of aromatic nitrogens is 3. The smallest absolute Gasteiger partial charge is 0.277 e. The molecule has 8 heteroatoms. The molecule has 0 aliphatic rings. The number of thiophene rings is 1. The summed E-state index contributed by atoms with van der Waals surface area (Å²) in [4.78, 5) is 5.52. The van der Waals surface area contributed by atoms with Crippen molar-refractivity contribution in [2.24, 2.45) is 0 Å². The van der Waals surface area contributed by atoms with Gasteiger partial charge in [-0.25, -0.2) is 4.98 Å². The molecule has 5 nitrogen and oxygen atoms in total. The molecule has 0 aliphatic heterocycles. The fourth-order valence-corrected chi connectivity index (χ4v) is 3.98. The molecule has 110 valence electrons. The Kier molecular flexibility index (Phi) is 3.79. The van der Waals surface area contributed by atoms with Crippen LogP contribution in [0.15, 0.2) is 55.3 Å². The van der Waals surface area contributed by atoms with E-state index >= 15 is 0 Å². The van der Waals surface area contributed by atoms with Crippen molar-refractivity contribution in [2.45, 2.75) is 11.0 Å². The van der Waals surface area contributed by atoms with Crippen LogP contribution in [0.25, 0.3) is 21.5 Å². The minimum absolute atomic E-state index is 0.552. The first-order chi connectivity index (χ1) is 10.9. The lowest BCUT2D eigenvalue weighted by molar-refractivity contribution is 0.466. The van der Waals surface area contributed by atoms with Gasteiger partial charge in [0, 0.05) is 11.1 Å². The van der Waals surface area contributed by atoms with E-state index in [0.717, 1.165) is 21.3 Å². The molecule has 4 aromatic heterocycles. The fraction of sp³-hybridized carbons (Fsp3) is 0.0714. The first kappa shape index (κ1) is 13.7. The summed E-state index contributed by atoms with van der Waals surface area (Å²) in [5, 5.41) is 13.5.